The highest BCUT2D eigenvalue weighted by atomic mass is 35.5. The minimum Gasteiger partial charge on any atom is -0.481 e. The zero-order valence-corrected chi connectivity index (χ0v) is 10.3. The molecule has 0 atom stereocenters. The van der Waals surface area contributed by atoms with Crippen molar-refractivity contribution in [1.29, 1.82) is 0 Å². The lowest BCUT2D eigenvalue weighted by Crippen LogP contribution is -2.20. The van der Waals surface area contributed by atoms with E-state index >= 15 is 0 Å². The fraction of sp³-hybridized carbons (Fsp3) is 0.400. The zero-order valence-electron chi connectivity index (χ0n) is 9.55. The number of alkyl halides is 6. The van der Waals surface area contributed by atoms with E-state index in [0.29, 0.717) is 0 Å². The average Bonchev–Trinajstić information content (AvgIpc) is 2.27. The van der Waals surface area contributed by atoms with E-state index in [-0.39, 0.29) is 5.56 Å². The molecule has 0 radical (unpaired) electrons. The van der Waals surface area contributed by atoms with E-state index in [1.165, 1.54) is 0 Å². The molecule has 0 amide bonds. The normalized spacial score (nSPS) is 11.8. The molecule has 4 nitrogen and oxygen atoms in total. The number of pyridine rings is 1. The van der Waals surface area contributed by atoms with Gasteiger partial charge in [0.05, 0.1) is 12.3 Å². The third-order valence-corrected chi connectivity index (χ3v) is 2.37. The van der Waals surface area contributed by atoms with Crippen molar-refractivity contribution in [3.8, 4) is 5.88 Å². The van der Waals surface area contributed by atoms with Gasteiger partial charge in [0.2, 0.25) is 5.88 Å². The van der Waals surface area contributed by atoms with E-state index in [2.05, 4.69) is 9.72 Å². The number of rotatable bonds is 5. The molecule has 1 aromatic rings. The molecule has 0 unspecified atom stereocenters. The van der Waals surface area contributed by atoms with Crippen LogP contribution in [0.3, 0.4) is 0 Å². The highest BCUT2D eigenvalue weighted by Gasteiger charge is 2.34. The standard InChI is InChI=1S/C10H7ClF5NO3/c11-3-5-1-4(2-6(18)19)7(8(12)13)17-9(5)20-10(14,15)16/h1,8H,2-3H2,(H,18,19). The van der Waals surface area contributed by atoms with E-state index < -0.39 is 48.2 Å². The number of aliphatic carboxylic acids is 1. The van der Waals surface area contributed by atoms with Gasteiger partial charge in [-0.3, -0.25) is 4.79 Å². The third kappa shape index (κ3) is 4.48. The van der Waals surface area contributed by atoms with E-state index in [0.717, 1.165) is 6.07 Å². The SMILES string of the molecule is O=C(O)Cc1cc(CCl)c(OC(F)(F)F)nc1C(F)F. The highest BCUT2D eigenvalue weighted by molar-refractivity contribution is 6.17. The average molecular weight is 320 g/mol. The van der Waals surface area contributed by atoms with Crippen molar-refractivity contribution < 1.29 is 36.6 Å². The Morgan fingerprint density at radius 1 is 1.40 bits per heavy atom. The van der Waals surface area contributed by atoms with Crippen LogP contribution in [0.4, 0.5) is 22.0 Å². The van der Waals surface area contributed by atoms with Gasteiger partial charge in [0.15, 0.2) is 0 Å². The number of hydrogen-bond donors (Lipinski definition) is 1. The lowest BCUT2D eigenvalue weighted by atomic mass is 10.1. The number of carboxylic acids is 1. The molecular formula is C10H7ClF5NO3. The first kappa shape index (κ1) is 16.4. The van der Waals surface area contributed by atoms with Gasteiger partial charge < -0.3 is 9.84 Å². The van der Waals surface area contributed by atoms with Crippen LogP contribution < -0.4 is 4.74 Å². The van der Waals surface area contributed by atoms with Gasteiger partial charge in [-0.25, -0.2) is 13.8 Å². The van der Waals surface area contributed by atoms with Crippen molar-refractivity contribution >= 4 is 17.6 Å². The topological polar surface area (TPSA) is 59.4 Å². The summed E-state index contributed by atoms with van der Waals surface area (Å²) in [7, 11) is 0. The summed E-state index contributed by atoms with van der Waals surface area (Å²) < 4.78 is 65.2. The Morgan fingerprint density at radius 3 is 2.40 bits per heavy atom. The molecule has 0 aliphatic heterocycles. The number of carboxylic acid groups (broad SMARTS) is 1. The van der Waals surface area contributed by atoms with Crippen LogP contribution in [0.1, 0.15) is 23.2 Å². The van der Waals surface area contributed by atoms with Gasteiger partial charge in [0, 0.05) is 5.56 Å². The second-order valence-corrected chi connectivity index (χ2v) is 3.82. The fourth-order valence-electron chi connectivity index (χ4n) is 1.39. The maximum Gasteiger partial charge on any atom is 0.574 e. The molecule has 0 bridgehead atoms. The van der Waals surface area contributed by atoms with Gasteiger partial charge in [0.25, 0.3) is 6.43 Å². The molecule has 10 heteroatoms. The minimum atomic E-state index is -5.12. The molecule has 1 rings (SSSR count). The van der Waals surface area contributed by atoms with Gasteiger partial charge in [-0.05, 0) is 11.6 Å². The van der Waals surface area contributed by atoms with Crippen molar-refractivity contribution in [2.75, 3.05) is 0 Å². The first-order valence-electron chi connectivity index (χ1n) is 4.98. The number of ether oxygens (including phenoxy) is 1. The van der Waals surface area contributed by atoms with Gasteiger partial charge in [-0.15, -0.1) is 24.8 Å². The smallest absolute Gasteiger partial charge is 0.481 e. The molecule has 112 valence electrons. The number of nitrogens with zero attached hydrogens (tertiary/aromatic N) is 1. The summed E-state index contributed by atoms with van der Waals surface area (Å²) in [5.74, 6) is -3.05. The minimum absolute atomic E-state index is 0.329. The largest absolute Gasteiger partial charge is 0.574 e. The molecule has 0 spiro atoms. The number of aromatic nitrogens is 1. The van der Waals surface area contributed by atoms with Crippen molar-refractivity contribution in [3.05, 3.63) is 22.9 Å². The van der Waals surface area contributed by atoms with E-state index in [4.69, 9.17) is 16.7 Å². The van der Waals surface area contributed by atoms with Crippen LogP contribution in [0, 0.1) is 0 Å². The summed E-state index contributed by atoms with van der Waals surface area (Å²) >= 11 is 5.38. The Labute approximate surface area is 114 Å². The summed E-state index contributed by atoms with van der Waals surface area (Å²) in [4.78, 5) is 13.6. The van der Waals surface area contributed by atoms with Crippen molar-refractivity contribution in [2.24, 2.45) is 0 Å². The van der Waals surface area contributed by atoms with Crippen LogP contribution in [0.2, 0.25) is 0 Å². The molecule has 0 saturated heterocycles. The summed E-state index contributed by atoms with van der Waals surface area (Å²) in [6, 6.07) is 0.816. The van der Waals surface area contributed by atoms with Crippen LogP contribution in [0.15, 0.2) is 6.07 Å². The molecule has 0 saturated carbocycles. The molecule has 1 N–H and O–H groups in total. The quantitative estimate of drug-likeness (QED) is 0.668. The van der Waals surface area contributed by atoms with Gasteiger partial charge in [0.1, 0.15) is 5.69 Å². The van der Waals surface area contributed by atoms with Crippen molar-refractivity contribution in [2.45, 2.75) is 25.1 Å². The molecule has 1 heterocycles. The fourth-order valence-corrected chi connectivity index (χ4v) is 1.58. The van der Waals surface area contributed by atoms with Crippen LogP contribution in [-0.2, 0) is 17.1 Å². The second kappa shape index (κ2) is 6.21. The van der Waals surface area contributed by atoms with E-state index in [9.17, 15) is 26.7 Å². The van der Waals surface area contributed by atoms with Crippen LogP contribution >= 0.6 is 11.6 Å². The van der Waals surface area contributed by atoms with Crippen LogP contribution in [-0.4, -0.2) is 22.4 Å². The number of carbonyl (C=O) groups is 1. The Bertz CT molecular complexity index is 506. The highest BCUT2D eigenvalue weighted by Crippen LogP contribution is 2.31. The Balaban J connectivity index is 3.32. The lowest BCUT2D eigenvalue weighted by Gasteiger charge is -2.14. The predicted molar refractivity (Wildman–Crippen MR) is 56.8 cm³/mol. The lowest BCUT2D eigenvalue weighted by molar-refractivity contribution is -0.276. The number of hydrogen-bond acceptors (Lipinski definition) is 3. The summed E-state index contributed by atoms with van der Waals surface area (Å²) in [6.07, 6.45) is -9.19. The monoisotopic (exact) mass is 319 g/mol. The summed E-state index contributed by atoms with van der Waals surface area (Å²) in [5.41, 5.74) is -1.83. The van der Waals surface area contributed by atoms with Crippen LogP contribution in [0.5, 0.6) is 5.88 Å². The third-order valence-electron chi connectivity index (χ3n) is 2.08. The van der Waals surface area contributed by atoms with Crippen molar-refractivity contribution in [1.82, 2.24) is 4.98 Å². The summed E-state index contributed by atoms with van der Waals surface area (Å²) in [6.45, 7) is 0. The Morgan fingerprint density at radius 2 is 2.00 bits per heavy atom. The van der Waals surface area contributed by atoms with E-state index in [1.54, 1.807) is 0 Å². The molecule has 20 heavy (non-hydrogen) atoms. The molecular weight excluding hydrogens is 313 g/mol. The molecule has 0 aliphatic rings. The Hall–Kier alpha value is -1.64. The molecule has 0 aliphatic carbocycles. The first-order chi connectivity index (χ1) is 9.14. The maximum absolute atomic E-state index is 12.7. The second-order valence-electron chi connectivity index (χ2n) is 3.55. The number of halogens is 6. The van der Waals surface area contributed by atoms with Gasteiger partial charge in [-0.1, -0.05) is 0 Å². The molecule has 0 aromatic carbocycles. The van der Waals surface area contributed by atoms with Crippen LogP contribution in [0.25, 0.3) is 0 Å². The summed E-state index contributed by atoms with van der Waals surface area (Å²) in [5, 5.41) is 8.58. The van der Waals surface area contributed by atoms with E-state index in [1.807, 2.05) is 0 Å². The zero-order chi connectivity index (χ0) is 15.5. The molecule has 0 fully saturated rings. The van der Waals surface area contributed by atoms with Gasteiger partial charge in [-0.2, -0.15) is 0 Å². The van der Waals surface area contributed by atoms with Gasteiger partial charge >= 0.3 is 12.3 Å². The van der Waals surface area contributed by atoms with Crippen molar-refractivity contribution in [3.63, 3.8) is 0 Å². The first-order valence-corrected chi connectivity index (χ1v) is 5.52. The molecule has 1 aromatic heterocycles. The maximum atomic E-state index is 12.7. The predicted octanol–water partition coefficient (Wildman–Crippen LogP) is 3.28. The Kier molecular flexibility index (Phi) is 5.09.